The molecule has 0 fully saturated rings. The number of alkyl halides is 2. The first-order valence-electron chi connectivity index (χ1n) is 9.96. The number of halogens is 2. The van der Waals surface area contributed by atoms with Gasteiger partial charge in [0, 0.05) is 5.39 Å². The van der Waals surface area contributed by atoms with Crippen molar-refractivity contribution in [2.24, 2.45) is 0 Å². The van der Waals surface area contributed by atoms with Crippen LogP contribution in [0.1, 0.15) is 24.1 Å². The van der Waals surface area contributed by atoms with E-state index < -0.39 is 12.5 Å². The number of hydrogen-bond acceptors (Lipinski definition) is 5. The van der Waals surface area contributed by atoms with E-state index in [4.69, 9.17) is 4.98 Å². The zero-order valence-electron chi connectivity index (χ0n) is 16.2. The van der Waals surface area contributed by atoms with Crippen LogP contribution in [0.3, 0.4) is 0 Å². The second kappa shape index (κ2) is 6.83. The maximum atomic E-state index is 13.9. The number of nitrogens with one attached hydrogen (secondary N) is 1. The standard InChI is InChI=1S/C22H17F2N7/c23-19(24)18-10-17(13-6-2-1-3-7-13)27-22-15(11-26-31(18)22)20-28-21-14-8-4-5-9-16(14)25-12-30(21)29-20/h1-9,11-12,17-19,27H,10H2. The molecule has 0 amide bonds. The molecule has 0 aliphatic carbocycles. The van der Waals surface area contributed by atoms with Crippen molar-refractivity contribution in [1.29, 1.82) is 0 Å². The third-order valence-electron chi connectivity index (χ3n) is 5.71. The van der Waals surface area contributed by atoms with E-state index >= 15 is 0 Å². The number of nitrogens with zero attached hydrogens (tertiary/aromatic N) is 6. The average molecular weight is 417 g/mol. The van der Waals surface area contributed by atoms with E-state index in [-0.39, 0.29) is 12.5 Å². The number of rotatable bonds is 3. The number of hydrogen-bond donors (Lipinski definition) is 1. The molecular weight excluding hydrogens is 400 g/mol. The van der Waals surface area contributed by atoms with Gasteiger partial charge in [-0.05, 0) is 24.1 Å². The molecule has 1 N–H and O–H groups in total. The van der Waals surface area contributed by atoms with Gasteiger partial charge in [-0.2, -0.15) is 5.10 Å². The fourth-order valence-corrected chi connectivity index (χ4v) is 4.19. The van der Waals surface area contributed by atoms with Gasteiger partial charge < -0.3 is 5.32 Å². The maximum absolute atomic E-state index is 13.9. The van der Waals surface area contributed by atoms with Crippen molar-refractivity contribution in [3.05, 3.63) is 72.7 Å². The van der Waals surface area contributed by atoms with Gasteiger partial charge in [0.05, 0.1) is 23.3 Å². The van der Waals surface area contributed by atoms with Crippen LogP contribution in [0.15, 0.2) is 67.1 Å². The molecule has 5 aromatic rings. The van der Waals surface area contributed by atoms with Gasteiger partial charge >= 0.3 is 0 Å². The summed E-state index contributed by atoms with van der Waals surface area (Å²) in [4.78, 5) is 9.09. The second-order valence-electron chi connectivity index (χ2n) is 7.56. The molecule has 0 bridgehead atoms. The van der Waals surface area contributed by atoms with E-state index in [9.17, 15) is 8.78 Å². The fourth-order valence-electron chi connectivity index (χ4n) is 4.19. The molecule has 0 saturated heterocycles. The molecule has 1 aliphatic rings. The Kier molecular flexibility index (Phi) is 3.95. The molecule has 2 unspecified atom stereocenters. The van der Waals surface area contributed by atoms with Crippen molar-refractivity contribution in [3.8, 4) is 11.4 Å². The Bertz CT molecular complexity index is 1390. The minimum Gasteiger partial charge on any atom is -0.363 e. The molecule has 2 atom stereocenters. The van der Waals surface area contributed by atoms with Gasteiger partial charge in [-0.3, -0.25) is 0 Å². The van der Waals surface area contributed by atoms with Gasteiger partial charge in [-0.15, -0.1) is 5.10 Å². The Morgan fingerprint density at radius 3 is 2.68 bits per heavy atom. The first-order valence-corrected chi connectivity index (χ1v) is 9.96. The van der Waals surface area contributed by atoms with Crippen molar-refractivity contribution in [1.82, 2.24) is 29.4 Å². The van der Waals surface area contributed by atoms with E-state index in [1.807, 2.05) is 54.6 Å². The lowest BCUT2D eigenvalue weighted by molar-refractivity contribution is 0.0659. The lowest BCUT2D eigenvalue weighted by Crippen LogP contribution is -2.31. The Morgan fingerprint density at radius 2 is 1.84 bits per heavy atom. The summed E-state index contributed by atoms with van der Waals surface area (Å²) < 4.78 is 30.8. The lowest BCUT2D eigenvalue weighted by atomic mass is 9.97. The topological polar surface area (TPSA) is 72.9 Å². The Morgan fingerprint density at radius 1 is 1.03 bits per heavy atom. The summed E-state index contributed by atoms with van der Waals surface area (Å²) in [5.74, 6) is 0.909. The molecular formula is C22H17F2N7. The minimum absolute atomic E-state index is 0.239. The van der Waals surface area contributed by atoms with Crippen molar-refractivity contribution >= 4 is 22.4 Å². The molecule has 2 aromatic carbocycles. The van der Waals surface area contributed by atoms with Crippen LogP contribution in [0.5, 0.6) is 0 Å². The van der Waals surface area contributed by atoms with E-state index in [2.05, 4.69) is 20.5 Å². The molecule has 0 spiro atoms. The SMILES string of the molecule is FC(F)C1CC(c2ccccc2)Nc2c(-c3nc4c5ccccc5ncn4n3)cnn21. The predicted molar refractivity (Wildman–Crippen MR) is 112 cm³/mol. The molecule has 9 heteroatoms. The summed E-state index contributed by atoms with van der Waals surface area (Å²) in [6.07, 6.45) is 0.854. The van der Waals surface area contributed by atoms with Crippen LogP contribution in [-0.4, -0.2) is 35.8 Å². The van der Waals surface area contributed by atoms with Gasteiger partial charge in [-0.25, -0.2) is 27.9 Å². The van der Waals surface area contributed by atoms with E-state index in [0.717, 1.165) is 16.5 Å². The Hall–Kier alpha value is -3.88. The largest absolute Gasteiger partial charge is 0.363 e. The van der Waals surface area contributed by atoms with Crippen molar-refractivity contribution in [3.63, 3.8) is 0 Å². The fraction of sp³-hybridized carbons (Fsp3) is 0.182. The summed E-state index contributed by atoms with van der Waals surface area (Å²) in [6.45, 7) is 0. The third kappa shape index (κ3) is 2.84. The zero-order valence-corrected chi connectivity index (χ0v) is 16.2. The molecule has 6 rings (SSSR count). The monoisotopic (exact) mass is 417 g/mol. The first-order chi connectivity index (χ1) is 15.2. The van der Waals surface area contributed by atoms with Gasteiger partial charge in [-0.1, -0.05) is 42.5 Å². The van der Waals surface area contributed by atoms with E-state index in [1.165, 1.54) is 4.68 Å². The number of para-hydroxylation sites is 1. The molecule has 0 radical (unpaired) electrons. The summed E-state index contributed by atoms with van der Waals surface area (Å²) in [5, 5.41) is 13.1. The van der Waals surface area contributed by atoms with Crippen LogP contribution in [0, 0.1) is 0 Å². The van der Waals surface area contributed by atoms with Crippen LogP contribution in [0.2, 0.25) is 0 Å². The number of aromatic nitrogens is 6. The zero-order chi connectivity index (χ0) is 20.9. The summed E-state index contributed by atoms with van der Waals surface area (Å²) in [5.41, 5.74) is 3.00. The van der Waals surface area contributed by atoms with Crippen LogP contribution >= 0.6 is 0 Å². The summed E-state index contributed by atoms with van der Waals surface area (Å²) in [7, 11) is 0. The maximum Gasteiger partial charge on any atom is 0.260 e. The molecule has 1 aliphatic heterocycles. The quantitative estimate of drug-likeness (QED) is 0.468. The first kappa shape index (κ1) is 17.9. The van der Waals surface area contributed by atoms with Crippen molar-refractivity contribution in [2.75, 3.05) is 5.32 Å². The smallest absolute Gasteiger partial charge is 0.260 e. The number of benzene rings is 2. The van der Waals surface area contributed by atoms with Gasteiger partial charge in [0.25, 0.3) is 6.43 Å². The highest BCUT2D eigenvalue weighted by molar-refractivity contribution is 5.91. The molecule has 154 valence electrons. The Labute approximate surface area is 175 Å². The van der Waals surface area contributed by atoms with Crippen LogP contribution < -0.4 is 5.32 Å². The molecule has 31 heavy (non-hydrogen) atoms. The Balaban J connectivity index is 1.49. The van der Waals surface area contributed by atoms with Gasteiger partial charge in [0.15, 0.2) is 11.5 Å². The minimum atomic E-state index is -2.54. The predicted octanol–water partition coefficient (Wildman–Crippen LogP) is 4.50. The summed E-state index contributed by atoms with van der Waals surface area (Å²) >= 11 is 0. The summed E-state index contributed by atoms with van der Waals surface area (Å²) in [6, 6.07) is 16.0. The van der Waals surface area contributed by atoms with Crippen LogP contribution in [0.25, 0.3) is 27.9 Å². The molecule has 0 saturated carbocycles. The van der Waals surface area contributed by atoms with E-state index in [1.54, 1.807) is 17.0 Å². The number of anilines is 1. The number of fused-ring (bicyclic) bond motifs is 4. The normalized spacial score (nSPS) is 18.4. The second-order valence-corrected chi connectivity index (χ2v) is 7.56. The van der Waals surface area contributed by atoms with Crippen molar-refractivity contribution < 1.29 is 8.78 Å². The highest BCUT2D eigenvalue weighted by Crippen LogP contribution is 2.41. The molecule has 4 heterocycles. The van der Waals surface area contributed by atoms with Crippen LogP contribution in [0.4, 0.5) is 14.6 Å². The van der Waals surface area contributed by atoms with Crippen LogP contribution in [-0.2, 0) is 0 Å². The molecule has 7 nitrogen and oxygen atoms in total. The van der Waals surface area contributed by atoms with E-state index in [0.29, 0.717) is 22.9 Å². The average Bonchev–Trinajstić information content (AvgIpc) is 3.43. The van der Waals surface area contributed by atoms with Gasteiger partial charge in [0.2, 0.25) is 0 Å². The third-order valence-corrected chi connectivity index (χ3v) is 5.71. The highest BCUT2D eigenvalue weighted by atomic mass is 19.3. The van der Waals surface area contributed by atoms with Crippen molar-refractivity contribution in [2.45, 2.75) is 24.9 Å². The highest BCUT2D eigenvalue weighted by Gasteiger charge is 2.36. The lowest BCUT2D eigenvalue weighted by Gasteiger charge is -2.32. The van der Waals surface area contributed by atoms with Gasteiger partial charge in [0.1, 0.15) is 18.2 Å². The molecule has 3 aromatic heterocycles.